The zero-order valence-electron chi connectivity index (χ0n) is 18.7. The second-order valence-electron chi connectivity index (χ2n) is 9.54. The number of benzene rings is 2. The maximum Gasteiger partial charge on any atom is 0.268 e. The number of β-amino-alcohol motifs (C(OH)–C–C–N with tert-alkyl or cyclic N) is 1. The molecule has 0 bridgehead atoms. The van der Waals surface area contributed by atoms with Crippen molar-refractivity contribution in [2.45, 2.75) is 51.4 Å². The van der Waals surface area contributed by atoms with Gasteiger partial charge in [-0.3, -0.25) is 9.59 Å². The Morgan fingerprint density at radius 1 is 1.25 bits per heavy atom. The first-order chi connectivity index (χ1) is 15.0. The number of para-hydroxylation sites is 1. The molecule has 4 rings (SSSR count). The predicted octanol–water partition coefficient (Wildman–Crippen LogP) is 2.49. The molecule has 1 atom stereocenters. The lowest BCUT2D eigenvalue weighted by atomic mass is 9.99. The van der Waals surface area contributed by atoms with E-state index in [-0.39, 0.29) is 24.1 Å². The minimum Gasteiger partial charge on any atom is -0.508 e. The van der Waals surface area contributed by atoms with Gasteiger partial charge in [-0.05, 0) is 45.4 Å². The molecule has 8 nitrogen and oxygen atoms in total. The van der Waals surface area contributed by atoms with Gasteiger partial charge in [0.2, 0.25) is 5.91 Å². The summed E-state index contributed by atoms with van der Waals surface area (Å²) < 4.78 is 5.87. The third kappa shape index (κ3) is 4.16. The number of aromatic hydroxyl groups is 1. The molecule has 2 heterocycles. The number of aliphatic hydroxyl groups excluding tert-OH is 1. The molecule has 0 fully saturated rings. The van der Waals surface area contributed by atoms with E-state index in [2.05, 4.69) is 10.6 Å². The molecule has 0 saturated carbocycles. The summed E-state index contributed by atoms with van der Waals surface area (Å²) in [6, 6.07) is 10.6. The van der Waals surface area contributed by atoms with Crippen molar-refractivity contribution < 1.29 is 24.5 Å². The summed E-state index contributed by atoms with van der Waals surface area (Å²) in [7, 11) is 0. The lowest BCUT2D eigenvalue weighted by Crippen LogP contribution is -2.51. The van der Waals surface area contributed by atoms with E-state index in [1.54, 1.807) is 18.7 Å². The Balaban J connectivity index is 1.49. The fourth-order valence-electron chi connectivity index (χ4n) is 4.09. The lowest BCUT2D eigenvalue weighted by Gasteiger charge is -2.35. The summed E-state index contributed by atoms with van der Waals surface area (Å²) in [6.45, 7) is 7.80. The second kappa shape index (κ2) is 7.79. The first-order valence-corrected chi connectivity index (χ1v) is 10.7. The minimum absolute atomic E-state index is 0.0510. The number of carbonyl (C=O) groups is 2. The molecule has 1 unspecified atom stereocenters. The largest absolute Gasteiger partial charge is 0.508 e. The third-order valence-corrected chi connectivity index (χ3v) is 5.87. The van der Waals surface area contributed by atoms with Gasteiger partial charge >= 0.3 is 0 Å². The summed E-state index contributed by atoms with van der Waals surface area (Å²) in [4.78, 5) is 26.5. The number of phenolic OH excluding ortho intramolecular Hbond substituents is 1. The van der Waals surface area contributed by atoms with Gasteiger partial charge in [0, 0.05) is 35.9 Å². The summed E-state index contributed by atoms with van der Waals surface area (Å²) in [5, 5.41) is 27.1. The molecule has 170 valence electrons. The number of ether oxygens (including phenoxy) is 1. The van der Waals surface area contributed by atoms with E-state index >= 15 is 0 Å². The van der Waals surface area contributed by atoms with Crippen LogP contribution in [0.3, 0.4) is 0 Å². The van der Waals surface area contributed by atoms with Crippen LogP contribution in [0.15, 0.2) is 36.4 Å². The highest BCUT2D eigenvalue weighted by Gasteiger charge is 2.38. The van der Waals surface area contributed by atoms with Crippen molar-refractivity contribution in [3.05, 3.63) is 47.5 Å². The van der Waals surface area contributed by atoms with Gasteiger partial charge in [0.05, 0.1) is 18.2 Å². The minimum atomic E-state index is -1.10. The van der Waals surface area contributed by atoms with Gasteiger partial charge < -0.3 is 30.5 Å². The summed E-state index contributed by atoms with van der Waals surface area (Å²) in [6.07, 6.45) is -0.620. The number of phenols is 1. The number of amides is 2. The van der Waals surface area contributed by atoms with Gasteiger partial charge in [0.1, 0.15) is 5.75 Å². The maximum absolute atomic E-state index is 12.5. The van der Waals surface area contributed by atoms with E-state index in [0.29, 0.717) is 30.0 Å². The zero-order chi connectivity index (χ0) is 23.3. The van der Waals surface area contributed by atoms with Crippen molar-refractivity contribution in [3.63, 3.8) is 0 Å². The van der Waals surface area contributed by atoms with Crippen molar-refractivity contribution >= 4 is 23.2 Å². The predicted molar refractivity (Wildman–Crippen MR) is 121 cm³/mol. The molecule has 0 spiro atoms. The van der Waals surface area contributed by atoms with Crippen LogP contribution in [0.4, 0.5) is 11.4 Å². The van der Waals surface area contributed by atoms with Gasteiger partial charge in [0.25, 0.3) is 5.91 Å². The molecule has 8 heteroatoms. The number of nitrogens with one attached hydrogen (secondary N) is 2. The Morgan fingerprint density at radius 3 is 2.72 bits per heavy atom. The average Bonchev–Trinajstić information content (AvgIpc) is 3.02. The molecule has 32 heavy (non-hydrogen) atoms. The van der Waals surface area contributed by atoms with Crippen LogP contribution in [0, 0.1) is 0 Å². The Hall–Kier alpha value is -3.10. The molecule has 2 amide bonds. The summed E-state index contributed by atoms with van der Waals surface area (Å²) >= 11 is 0. The van der Waals surface area contributed by atoms with Crippen molar-refractivity contribution in [1.29, 1.82) is 0 Å². The van der Waals surface area contributed by atoms with E-state index in [1.165, 1.54) is 12.1 Å². The van der Waals surface area contributed by atoms with E-state index in [0.717, 1.165) is 11.3 Å². The van der Waals surface area contributed by atoms with Crippen LogP contribution in [0.5, 0.6) is 11.5 Å². The normalized spacial score (nSPS) is 18.0. The molecule has 0 aliphatic carbocycles. The van der Waals surface area contributed by atoms with Crippen LogP contribution in [-0.4, -0.2) is 46.3 Å². The van der Waals surface area contributed by atoms with Crippen LogP contribution in [0.2, 0.25) is 0 Å². The van der Waals surface area contributed by atoms with Crippen LogP contribution in [0.1, 0.15) is 44.9 Å². The van der Waals surface area contributed by atoms with E-state index in [4.69, 9.17) is 4.74 Å². The van der Waals surface area contributed by atoms with Gasteiger partial charge in [-0.1, -0.05) is 18.2 Å². The highest BCUT2D eigenvalue weighted by atomic mass is 16.5. The van der Waals surface area contributed by atoms with Crippen LogP contribution < -0.4 is 20.3 Å². The van der Waals surface area contributed by atoms with E-state index in [1.807, 2.05) is 38.1 Å². The van der Waals surface area contributed by atoms with Crippen molar-refractivity contribution in [1.82, 2.24) is 5.32 Å². The molecule has 0 radical (unpaired) electrons. The fraction of sp³-hybridized carbons (Fsp3) is 0.417. The highest BCUT2D eigenvalue weighted by molar-refractivity contribution is 6.01. The van der Waals surface area contributed by atoms with Gasteiger partial charge in [-0.25, -0.2) is 0 Å². The topological polar surface area (TPSA) is 111 Å². The Bertz CT molecular complexity index is 1080. The van der Waals surface area contributed by atoms with E-state index in [9.17, 15) is 19.8 Å². The third-order valence-electron chi connectivity index (χ3n) is 5.87. The molecule has 4 N–H and O–H groups in total. The monoisotopic (exact) mass is 439 g/mol. The van der Waals surface area contributed by atoms with E-state index < -0.39 is 17.2 Å². The molecule has 0 saturated heterocycles. The van der Waals surface area contributed by atoms with Crippen LogP contribution in [-0.2, 0) is 16.0 Å². The first kappa shape index (κ1) is 22.1. The quantitative estimate of drug-likeness (QED) is 0.550. The Labute approximate surface area is 187 Å². The standard InChI is InChI=1S/C24H29N3O5/c1-23(2,13-27-18-8-6-5-7-14(18)9-20(27)30)25-12-19(29)16-10-15(28)11-17-21(16)32-24(3,4)22(31)26-17/h5-8,10-11,19,25,28-29H,9,12-13H2,1-4H3,(H,26,31). The number of fused-ring (bicyclic) bond motifs is 2. The number of hydrogen-bond donors (Lipinski definition) is 4. The van der Waals surface area contributed by atoms with Crippen molar-refractivity contribution in [2.75, 3.05) is 23.3 Å². The first-order valence-electron chi connectivity index (χ1n) is 10.7. The van der Waals surface area contributed by atoms with Gasteiger partial charge in [0.15, 0.2) is 11.4 Å². The van der Waals surface area contributed by atoms with Crippen molar-refractivity contribution in [2.24, 2.45) is 0 Å². The average molecular weight is 440 g/mol. The molecule has 0 aromatic heterocycles. The van der Waals surface area contributed by atoms with Gasteiger partial charge in [-0.2, -0.15) is 0 Å². The summed E-state index contributed by atoms with van der Waals surface area (Å²) in [5.41, 5.74) is 1.03. The molecule has 2 aromatic carbocycles. The number of carbonyl (C=O) groups excluding carboxylic acids is 2. The maximum atomic E-state index is 12.5. The molecular formula is C24H29N3O5. The zero-order valence-corrected chi connectivity index (χ0v) is 18.7. The number of aliphatic hydroxyl groups is 1. The number of nitrogens with zero attached hydrogens (tertiary/aromatic N) is 1. The lowest BCUT2D eigenvalue weighted by molar-refractivity contribution is -0.129. The molecule has 2 aromatic rings. The van der Waals surface area contributed by atoms with Gasteiger partial charge in [-0.15, -0.1) is 0 Å². The SMILES string of the molecule is CC(C)(CN1C(=O)Cc2ccccc21)NCC(O)c1cc(O)cc2c1OC(C)(C)C(=O)N2. The Morgan fingerprint density at radius 2 is 1.97 bits per heavy atom. The summed E-state index contributed by atoms with van der Waals surface area (Å²) in [5.74, 6) is -0.0241. The number of anilines is 2. The van der Waals surface area contributed by atoms with Crippen LogP contribution in [0.25, 0.3) is 0 Å². The van der Waals surface area contributed by atoms with Crippen LogP contribution >= 0.6 is 0 Å². The number of rotatable bonds is 6. The van der Waals surface area contributed by atoms with Crippen molar-refractivity contribution in [3.8, 4) is 11.5 Å². The molecular weight excluding hydrogens is 410 g/mol. The second-order valence-corrected chi connectivity index (χ2v) is 9.54. The smallest absolute Gasteiger partial charge is 0.268 e. The highest BCUT2D eigenvalue weighted by Crippen LogP contribution is 2.42. The molecule has 2 aliphatic heterocycles. The Kier molecular flexibility index (Phi) is 5.38. The molecule has 2 aliphatic rings. The fourth-order valence-corrected chi connectivity index (χ4v) is 4.09. The number of hydrogen-bond acceptors (Lipinski definition) is 6.